The molecule has 0 unspecified atom stereocenters. The van der Waals surface area contributed by atoms with Crippen LogP contribution in [-0.4, -0.2) is 19.0 Å². The van der Waals surface area contributed by atoms with E-state index in [0.717, 1.165) is 25.1 Å². The molecule has 2 rings (SSSR count). The normalized spacial score (nSPS) is 16.3. The summed E-state index contributed by atoms with van der Waals surface area (Å²) in [7, 11) is 0. The van der Waals surface area contributed by atoms with E-state index in [-0.39, 0.29) is 5.91 Å². The summed E-state index contributed by atoms with van der Waals surface area (Å²) in [6.45, 7) is 2.70. The van der Waals surface area contributed by atoms with Crippen LogP contribution in [0.3, 0.4) is 0 Å². The SMILES string of the molecule is O=C(CCC1CCNCC1)NCc1ccccc1Cl. The minimum atomic E-state index is 0.124. The van der Waals surface area contributed by atoms with Crippen molar-refractivity contribution in [2.45, 2.75) is 32.2 Å². The minimum Gasteiger partial charge on any atom is -0.352 e. The summed E-state index contributed by atoms with van der Waals surface area (Å²) >= 11 is 6.05. The molecule has 1 aliphatic rings. The van der Waals surface area contributed by atoms with Gasteiger partial charge in [-0.15, -0.1) is 0 Å². The summed E-state index contributed by atoms with van der Waals surface area (Å²) in [6, 6.07) is 7.61. The van der Waals surface area contributed by atoms with E-state index < -0.39 is 0 Å². The predicted molar refractivity (Wildman–Crippen MR) is 78.1 cm³/mol. The van der Waals surface area contributed by atoms with Crippen molar-refractivity contribution in [1.82, 2.24) is 10.6 Å². The van der Waals surface area contributed by atoms with Crippen LogP contribution in [0.2, 0.25) is 5.02 Å². The Morgan fingerprint density at radius 3 is 2.79 bits per heavy atom. The van der Waals surface area contributed by atoms with Crippen molar-refractivity contribution in [3.63, 3.8) is 0 Å². The van der Waals surface area contributed by atoms with Crippen LogP contribution in [0.25, 0.3) is 0 Å². The average Bonchev–Trinajstić information content (AvgIpc) is 2.45. The van der Waals surface area contributed by atoms with Gasteiger partial charge in [0.2, 0.25) is 5.91 Å². The van der Waals surface area contributed by atoms with Crippen LogP contribution in [0.5, 0.6) is 0 Å². The fourth-order valence-electron chi connectivity index (χ4n) is 2.43. The Labute approximate surface area is 119 Å². The number of carbonyl (C=O) groups excluding carboxylic acids is 1. The molecule has 104 valence electrons. The lowest BCUT2D eigenvalue weighted by atomic mass is 9.93. The Balaban J connectivity index is 1.68. The van der Waals surface area contributed by atoms with Gasteiger partial charge in [0, 0.05) is 18.0 Å². The number of hydrogen-bond acceptors (Lipinski definition) is 2. The van der Waals surface area contributed by atoms with Crippen molar-refractivity contribution in [3.05, 3.63) is 34.9 Å². The molecule has 1 amide bonds. The summed E-state index contributed by atoms with van der Waals surface area (Å²) in [4.78, 5) is 11.8. The first kappa shape index (κ1) is 14.4. The monoisotopic (exact) mass is 280 g/mol. The molecule has 1 aromatic carbocycles. The predicted octanol–water partition coefficient (Wildman–Crippen LogP) is 2.74. The van der Waals surface area contributed by atoms with E-state index in [0.29, 0.717) is 23.9 Å². The van der Waals surface area contributed by atoms with Gasteiger partial charge in [0.25, 0.3) is 0 Å². The third kappa shape index (κ3) is 4.84. The summed E-state index contributed by atoms with van der Waals surface area (Å²) in [5.74, 6) is 0.825. The molecular formula is C15H21ClN2O. The molecule has 0 aromatic heterocycles. The number of hydrogen-bond donors (Lipinski definition) is 2. The minimum absolute atomic E-state index is 0.124. The van der Waals surface area contributed by atoms with Gasteiger partial charge in [-0.3, -0.25) is 4.79 Å². The maximum absolute atomic E-state index is 11.8. The quantitative estimate of drug-likeness (QED) is 0.871. The highest BCUT2D eigenvalue weighted by atomic mass is 35.5. The van der Waals surface area contributed by atoms with E-state index in [1.165, 1.54) is 12.8 Å². The maximum Gasteiger partial charge on any atom is 0.220 e. The van der Waals surface area contributed by atoms with Crippen LogP contribution in [0.1, 0.15) is 31.2 Å². The Morgan fingerprint density at radius 2 is 2.05 bits per heavy atom. The van der Waals surface area contributed by atoms with Gasteiger partial charge in [-0.2, -0.15) is 0 Å². The zero-order valence-electron chi connectivity index (χ0n) is 11.1. The number of amides is 1. The van der Waals surface area contributed by atoms with Crippen LogP contribution in [0, 0.1) is 5.92 Å². The zero-order valence-corrected chi connectivity index (χ0v) is 11.9. The molecule has 1 fully saturated rings. The van der Waals surface area contributed by atoms with E-state index in [4.69, 9.17) is 11.6 Å². The lowest BCUT2D eigenvalue weighted by Gasteiger charge is -2.22. The molecule has 0 atom stereocenters. The summed E-state index contributed by atoms with van der Waals surface area (Å²) in [5, 5.41) is 6.99. The smallest absolute Gasteiger partial charge is 0.220 e. The Bertz CT molecular complexity index is 416. The van der Waals surface area contributed by atoms with Crippen LogP contribution < -0.4 is 10.6 Å². The molecule has 1 saturated heterocycles. The summed E-state index contributed by atoms with van der Waals surface area (Å²) in [6.07, 6.45) is 4.00. The largest absolute Gasteiger partial charge is 0.352 e. The van der Waals surface area contributed by atoms with Gasteiger partial charge in [0.15, 0.2) is 0 Å². The van der Waals surface area contributed by atoms with Gasteiger partial charge in [-0.1, -0.05) is 29.8 Å². The molecule has 4 heteroatoms. The highest BCUT2D eigenvalue weighted by Crippen LogP contribution is 2.18. The number of benzene rings is 1. The molecule has 3 nitrogen and oxygen atoms in total. The second-order valence-electron chi connectivity index (χ2n) is 5.10. The number of nitrogens with one attached hydrogen (secondary N) is 2. The van der Waals surface area contributed by atoms with Crippen molar-refractivity contribution in [2.75, 3.05) is 13.1 Å². The lowest BCUT2D eigenvalue weighted by molar-refractivity contribution is -0.121. The molecule has 1 aliphatic heterocycles. The van der Waals surface area contributed by atoms with Gasteiger partial charge in [0.05, 0.1) is 0 Å². The standard InChI is InChI=1S/C15H21ClN2O/c16-14-4-2-1-3-13(14)11-18-15(19)6-5-12-7-9-17-10-8-12/h1-4,12,17H,5-11H2,(H,18,19). The second kappa shape index (κ2) is 7.51. The first-order chi connectivity index (χ1) is 9.25. The van der Waals surface area contributed by atoms with E-state index in [1.807, 2.05) is 24.3 Å². The molecule has 0 bridgehead atoms. The highest BCUT2D eigenvalue weighted by Gasteiger charge is 2.14. The average molecular weight is 281 g/mol. The van der Waals surface area contributed by atoms with Crippen molar-refractivity contribution in [3.8, 4) is 0 Å². The van der Waals surface area contributed by atoms with Gasteiger partial charge in [-0.05, 0) is 49.9 Å². The Morgan fingerprint density at radius 1 is 1.32 bits per heavy atom. The van der Waals surface area contributed by atoms with Gasteiger partial charge in [0.1, 0.15) is 0 Å². The summed E-state index contributed by atoms with van der Waals surface area (Å²) < 4.78 is 0. The molecule has 0 saturated carbocycles. The van der Waals surface area contributed by atoms with Gasteiger partial charge < -0.3 is 10.6 Å². The van der Waals surface area contributed by atoms with Crippen molar-refractivity contribution in [2.24, 2.45) is 5.92 Å². The molecular weight excluding hydrogens is 260 g/mol. The van der Waals surface area contributed by atoms with E-state index in [1.54, 1.807) is 0 Å². The third-order valence-electron chi connectivity index (χ3n) is 3.67. The van der Waals surface area contributed by atoms with Crippen LogP contribution >= 0.6 is 11.6 Å². The fourth-order valence-corrected chi connectivity index (χ4v) is 2.63. The third-order valence-corrected chi connectivity index (χ3v) is 4.04. The van der Waals surface area contributed by atoms with E-state index >= 15 is 0 Å². The second-order valence-corrected chi connectivity index (χ2v) is 5.51. The van der Waals surface area contributed by atoms with Crippen molar-refractivity contribution >= 4 is 17.5 Å². The maximum atomic E-state index is 11.8. The number of halogens is 1. The molecule has 0 aliphatic carbocycles. The number of carbonyl (C=O) groups is 1. The molecule has 0 spiro atoms. The first-order valence-corrected chi connectivity index (χ1v) is 7.34. The van der Waals surface area contributed by atoms with Crippen molar-refractivity contribution in [1.29, 1.82) is 0 Å². The molecule has 1 heterocycles. The summed E-state index contributed by atoms with van der Waals surface area (Å²) in [5.41, 5.74) is 0.972. The molecule has 1 aromatic rings. The van der Waals surface area contributed by atoms with Gasteiger partial charge in [-0.25, -0.2) is 0 Å². The van der Waals surface area contributed by atoms with Gasteiger partial charge >= 0.3 is 0 Å². The highest BCUT2D eigenvalue weighted by molar-refractivity contribution is 6.31. The molecule has 0 radical (unpaired) electrons. The van der Waals surface area contributed by atoms with Crippen LogP contribution in [-0.2, 0) is 11.3 Å². The molecule has 19 heavy (non-hydrogen) atoms. The first-order valence-electron chi connectivity index (χ1n) is 6.96. The van der Waals surface area contributed by atoms with Crippen LogP contribution in [0.4, 0.5) is 0 Å². The van der Waals surface area contributed by atoms with E-state index in [9.17, 15) is 4.79 Å². The lowest BCUT2D eigenvalue weighted by Crippen LogP contribution is -2.29. The topological polar surface area (TPSA) is 41.1 Å². The number of rotatable bonds is 5. The number of piperidine rings is 1. The Hall–Kier alpha value is -1.06. The molecule has 2 N–H and O–H groups in total. The zero-order chi connectivity index (χ0) is 13.5. The van der Waals surface area contributed by atoms with Crippen molar-refractivity contribution < 1.29 is 4.79 Å². The fraction of sp³-hybridized carbons (Fsp3) is 0.533. The van der Waals surface area contributed by atoms with Crippen LogP contribution in [0.15, 0.2) is 24.3 Å². The Kier molecular flexibility index (Phi) is 5.67. The van der Waals surface area contributed by atoms with E-state index in [2.05, 4.69) is 10.6 Å².